The molecule has 1 fully saturated rings. The molecule has 0 aromatic carbocycles. The Hall–Kier alpha value is -0.380. The monoisotopic (exact) mass is 239 g/mol. The van der Waals surface area contributed by atoms with Crippen molar-refractivity contribution in [3.05, 3.63) is 21.9 Å². The SMILES string of the molecule is CCc1ccc(CNCC2CCC(O)C2)s1. The fourth-order valence-electron chi connectivity index (χ4n) is 2.34. The Morgan fingerprint density at radius 1 is 1.38 bits per heavy atom. The third-order valence-corrected chi connectivity index (χ3v) is 4.54. The standard InChI is InChI=1S/C13H21NOS/c1-2-12-5-6-13(16-12)9-14-8-10-3-4-11(15)7-10/h5-6,10-11,14-15H,2-4,7-9H2,1H3. The molecule has 2 atom stereocenters. The van der Waals surface area contributed by atoms with Gasteiger partial charge < -0.3 is 10.4 Å². The Balaban J connectivity index is 1.67. The molecule has 2 unspecified atom stereocenters. The lowest BCUT2D eigenvalue weighted by Gasteiger charge is -2.09. The number of aliphatic hydroxyl groups is 1. The van der Waals surface area contributed by atoms with Gasteiger partial charge in [-0.25, -0.2) is 0 Å². The third-order valence-electron chi connectivity index (χ3n) is 3.31. The Morgan fingerprint density at radius 2 is 2.19 bits per heavy atom. The van der Waals surface area contributed by atoms with Crippen LogP contribution in [0.3, 0.4) is 0 Å². The van der Waals surface area contributed by atoms with Crippen molar-refractivity contribution in [3.63, 3.8) is 0 Å². The predicted octanol–water partition coefficient (Wildman–Crippen LogP) is 2.56. The van der Waals surface area contributed by atoms with E-state index in [1.54, 1.807) is 0 Å². The van der Waals surface area contributed by atoms with E-state index >= 15 is 0 Å². The molecule has 2 nitrogen and oxygen atoms in total. The topological polar surface area (TPSA) is 32.3 Å². The van der Waals surface area contributed by atoms with Crippen LogP contribution in [0.5, 0.6) is 0 Å². The number of thiophene rings is 1. The zero-order valence-corrected chi connectivity index (χ0v) is 10.7. The summed E-state index contributed by atoms with van der Waals surface area (Å²) in [5, 5.41) is 12.9. The second-order valence-corrected chi connectivity index (χ2v) is 5.94. The molecular weight excluding hydrogens is 218 g/mol. The summed E-state index contributed by atoms with van der Waals surface area (Å²) in [5.41, 5.74) is 0. The van der Waals surface area contributed by atoms with Gasteiger partial charge in [0.15, 0.2) is 0 Å². The zero-order valence-electron chi connectivity index (χ0n) is 9.91. The maximum absolute atomic E-state index is 9.43. The average molecular weight is 239 g/mol. The lowest BCUT2D eigenvalue weighted by atomic mass is 10.1. The molecule has 1 saturated carbocycles. The highest BCUT2D eigenvalue weighted by Crippen LogP contribution is 2.24. The van der Waals surface area contributed by atoms with Crippen LogP contribution in [-0.2, 0) is 13.0 Å². The molecule has 1 heterocycles. The van der Waals surface area contributed by atoms with Crippen LogP contribution in [0.1, 0.15) is 35.9 Å². The van der Waals surface area contributed by atoms with Gasteiger partial charge in [-0.2, -0.15) is 0 Å². The summed E-state index contributed by atoms with van der Waals surface area (Å²) < 4.78 is 0. The minimum Gasteiger partial charge on any atom is -0.393 e. The van der Waals surface area contributed by atoms with Crippen LogP contribution in [0.25, 0.3) is 0 Å². The summed E-state index contributed by atoms with van der Waals surface area (Å²) in [6.45, 7) is 4.23. The Morgan fingerprint density at radius 3 is 2.81 bits per heavy atom. The lowest BCUT2D eigenvalue weighted by molar-refractivity contribution is 0.177. The van der Waals surface area contributed by atoms with Crippen molar-refractivity contribution in [2.24, 2.45) is 5.92 Å². The van der Waals surface area contributed by atoms with Crippen LogP contribution < -0.4 is 5.32 Å². The van der Waals surface area contributed by atoms with Crippen LogP contribution in [0.2, 0.25) is 0 Å². The molecule has 0 bridgehead atoms. The molecule has 0 radical (unpaired) electrons. The van der Waals surface area contributed by atoms with E-state index in [2.05, 4.69) is 24.4 Å². The molecule has 2 rings (SSSR count). The van der Waals surface area contributed by atoms with Gasteiger partial charge in [-0.3, -0.25) is 0 Å². The third kappa shape index (κ3) is 3.30. The van der Waals surface area contributed by atoms with Crippen molar-refractivity contribution in [2.45, 2.75) is 45.3 Å². The van der Waals surface area contributed by atoms with Gasteiger partial charge in [0.25, 0.3) is 0 Å². The first-order valence-electron chi connectivity index (χ1n) is 6.24. The number of aliphatic hydroxyl groups excluding tert-OH is 1. The molecule has 0 amide bonds. The normalized spacial score (nSPS) is 25.1. The second-order valence-electron chi connectivity index (χ2n) is 4.69. The van der Waals surface area contributed by atoms with Gasteiger partial charge in [-0.1, -0.05) is 6.92 Å². The Labute approximate surface area is 102 Å². The van der Waals surface area contributed by atoms with Gasteiger partial charge in [0.05, 0.1) is 6.10 Å². The quantitative estimate of drug-likeness (QED) is 0.827. The number of hydrogen-bond donors (Lipinski definition) is 2. The molecule has 1 aromatic rings. The Bertz CT molecular complexity index is 323. The molecule has 2 N–H and O–H groups in total. The minimum atomic E-state index is -0.0415. The maximum Gasteiger partial charge on any atom is 0.0543 e. The van der Waals surface area contributed by atoms with Crippen LogP contribution in [-0.4, -0.2) is 17.8 Å². The average Bonchev–Trinajstić information content (AvgIpc) is 2.88. The maximum atomic E-state index is 9.43. The van der Waals surface area contributed by atoms with Crippen LogP contribution in [0.4, 0.5) is 0 Å². The van der Waals surface area contributed by atoms with E-state index < -0.39 is 0 Å². The predicted molar refractivity (Wildman–Crippen MR) is 68.8 cm³/mol. The zero-order chi connectivity index (χ0) is 11.4. The van der Waals surface area contributed by atoms with Crippen molar-refractivity contribution >= 4 is 11.3 Å². The summed E-state index contributed by atoms with van der Waals surface area (Å²) in [6.07, 6.45) is 4.25. The summed E-state index contributed by atoms with van der Waals surface area (Å²) in [7, 11) is 0. The molecule has 90 valence electrons. The highest BCUT2D eigenvalue weighted by atomic mass is 32.1. The Kier molecular flexibility index (Phi) is 4.38. The molecule has 0 saturated heterocycles. The number of aryl methyl sites for hydroxylation is 1. The van der Waals surface area contributed by atoms with E-state index in [1.807, 2.05) is 11.3 Å². The number of rotatable bonds is 5. The smallest absolute Gasteiger partial charge is 0.0543 e. The molecule has 1 aromatic heterocycles. The molecule has 1 aliphatic carbocycles. The first kappa shape index (κ1) is 12.1. The molecule has 1 aliphatic rings. The summed E-state index contributed by atoms with van der Waals surface area (Å²) in [5.74, 6) is 0.681. The van der Waals surface area contributed by atoms with E-state index in [-0.39, 0.29) is 6.10 Å². The van der Waals surface area contributed by atoms with Crippen molar-refractivity contribution in [1.82, 2.24) is 5.32 Å². The van der Waals surface area contributed by atoms with Crippen molar-refractivity contribution in [3.8, 4) is 0 Å². The van der Waals surface area contributed by atoms with E-state index in [1.165, 1.54) is 16.2 Å². The summed E-state index contributed by atoms with van der Waals surface area (Å²) in [6, 6.07) is 4.45. The minimum absolute atomic E-state index is 0.0415. The van der Waals surface area contributed by atoms with Gasteiger partial charge in [-0.15, -0.1) is 11.3 Å². The van der Waals surface area contributed by atoms with Crippen LogP contribution in [0.15, 0.2) is 12.1 Å². The molecule has 0 spiro atoms. The lowest BCUT2D eigenvalue weighted by Crippen LogP contribution is -2.20. The van der Waals surface area contributed by atoms with E-state index in [0.29, 0.717) is 5.92 Å². The van der Waals surface area contributed by atoms with Crippen LogP contribution >= 0.6 is 11.3 Å². The van der Waals surface area contributed by atoms with E-state index in [9.17, 15) is 5.11 Å². The van der Waals surface area contributed by atoms with Crippen molar-refractivity contribution in [2.75, 3.05) is 6.54 Å². The second kappa shape index (κ2) is 5.80. The number of hydrogen-bond acceptors (Lipinski definition) is 3. The summed E-state index contributed by atoms with van der Waals surface area (Å²) in [4.78, 5) is 2.89. The van der Waals surface area contributed by atoms with Gasteiger partial charge in [0.2, 0.25) is 0 Å². The van der Waals surface area contributed by atoms with Gasteiger partial charge in [0, 0.05) is 16.3 Å². The first-order valence-corrected chi connectivity index (χ1v) is 7.06. The van der Waals surface area contributed by atoms with Gasteiger partial charge in [0.1, 0.15) is 0 Å². The van der Waals surface area contributed by atoms with Crippen molar-refractivity contribution < 1.29 is 5.11 Å². The molecule has 16 heavy (non-hydrogen) atoms. The largest absolute Gasteiger partial charge is 0.393 e. The molecular formula is C13H21NOS. The molecule has 0 aliphatic heterocycles. The van der Waals surface area contributed by atoms with E-state index in [0.717, 1.165) is 32.4 Å². The number of nitrogens with one attached hydrogen (secondary N) is 1. The van der Waals surface area contributed by atoms with Crippen molar-refractivity contribution in [1.29, 1.82) is 0 Å². The fraction of sp³-hybridized carbons (Fsp3) is 0.692. The highest BCUT2D eigenvalue weighted by Gasteiger charge is 2.21. The first-order chi connectivity index (χ1) is 7.78. The van der Waals surface area contributed by atoms with E-state index in [4.69, 9.17) is 0 Å². The summed E-state index contributed by atoms with van der Waals surface area (Å²) >= 11 is 1.90. The van der Waals surface area contributed by atoms with Gasteiger partial charge in [-0.05, 0) is 50.3 Å². The highest BCUT2D eigenvalue weighted by molar-refractivity contribution is 7.11. The fourth-order valence-corrected chi connectivity index (χ4v) is 3.27. The van der Waals surface area contributed by atoms with Gasteiger partial charge >= 0.3 is 0 Å². The molecule has 3 heteroatoms. The van der Waals surface area contributed by atoms with Crippen LogP contribution in [0, 0.1) is 5.92 Å².